The van der Waals surface area contributed by atoms with E-state index in [4.69, 9.17) is 25.8 Å². The molecule has 9 heteroatoms. The van der Waals surface area contributed by atoms with Crippen LogP contribution in [0.5, 0.6) is 5.75 Å². The van der Waals surface area contributed by atoms with Crippen molar-refractivity contribution in [2.75, 3.05) is 37.0 Å². The van der Waals surface area contributed by atoms with Crippen molar-refractivity contribution in [1.82, 2.24) is 4.72 Å². The van der Waals surface area contributed by atoms with Gasteiger partial charge in [-0.05, 0) is 105 Å². The van der Waals surface area contributed by atoms with Crippen LogP contribution in [0.4, 0.5) is 5.69 Å². The van der Waals surface area contributed by atoms with E-state index in [-0.39, 0.29) is 35.4 Å². The number of carbonyl (C=O) groups is 1. The highest BCUT2D eigenvalue weighted by molar-refractivity contribution is 7.99. The summed E-state index contributed by atoms with van der Waals surface area (Å²) in [6, 6.07) is 11.9. The third-order valence-electron chi connectivity index (χ3n) is 10.2. The predicted octanol–water partition coefficient (Wildman–Crippen LogP) is 5.17. The number of nitrogens with zero attached hydrogens (tertiary/aromatic N) is 1. The van der Waals surface area contributed by atoms with E-state index in [1.807, 2.05) is 25.1 Å². The maximum absolute atomic E-state index is 13.4. The van der Waals surface area contributed by atoms with Crippen molar-refractivity contribution in [1.29, 1.82) is 0 Å². The van der Waals surface area contributed by atoms with Crippen molar-refractivity contribution >= 4 is 38.8 Å². The molecule has 1 saturated heterocycles. The average Bonchev–Trinajstić information content (AvgIpc) is 3.07. The molecule has 0 radical (unpaired) electrons. The second-order valence-corrected chi connectivity index (χ2v) is 15.8. The van der Waals surface area contributed by atoms with Crippen molar-refractivity contribution in [3.05, 3.63) is 58.1 Å². The zero-order valence-electron chi connectivity index (χ0n) is 24.3. The van der Waals surface area contributed by atoms with Gasteiger partial charge in [-0.25, -0.2) is 4.21 Å². The molecule has 2 aromatic carbocycles. The molecule has 1 amide bonds. The molecule has 1 N–H and O–H groups in total. The number of carbonyl (C=O) groups excluding carboxylic acids is 1. The molecule has 3 aliphatic heterocycles. The molecule has 7 atom stereocenters. The molecular weight excluding hydrogens is 572 g/mol. The van der Waals surface area contributed by atoms with Gasteiger partial charge in [-0.2, -0.15) is 0 Å². The minimum Gasteiger partial charge on any atom is -0.490 e. The van der Waals surface area contributed by atoms with E-state index in [9.17, 15) is 9.00 Å². The fraction of sp³-hybridized carbons (Fsp3) is 0.576. The van der Waals surface area contributed by atoms with Gasteiger partial charge in [-0.3, -0.25) is 9.52 Å². The van der Waals surface area contributed by atoms with Crippen LogP contribution in [0, 0.1) is 11.8 Å². The summed E-state index contributed by atoms with van der Waals surface area (Å²) in [6.07, 6.45) is 7.03. The zero-order valence-corrected chi connectivity index (χ0v) is 25.9. The summed E-state index contributed by atoms with van der Waals surface area (Å²) >= 11 is 6.42. The second-order valence-electron chi connectivity index (χ2n) is 13.2. The van der Waals surface area contributed by atoms with E-state index in [1.165, 1.54) is 11.1 Å². The number of aryl methyl sites for hydroxylation is 1. The molecule has 1 spiro atoms. The lowest BCUT2D eigenvalue weighted by Crippen LogP contribution is -2.51. The van der Waals surface area contributed by atoms with Gasteiger partial charge in [0.05, 0.1) is 46.1 Å². The summed E-state index contributed by atoms with van der Waals surface area (Å²) in [5, 5.41) is 0.771. The largest absolute Gasteiger partial charge is 0.490 e. The van der Waals surface area contributed by atoms with Crippen molar-refractivity contribution in [3.8, 4) is 5.75 Å². The van der Waals surface area contributed by atoms with Crippen LogP contribution in [0.15, 0.2) is 36.4 Å². The molecule has 42 heavy (non-hydrogen) atoms. The lowest BCUT2D eigenvalue weighted by atomic mass is 9.67. The molecule has 5 aliphatic rings. The van der Waals surface area contributed by atoms with E-state index < -0.39 is 9.71 Å². The van der Waals surface area contributed by atoms with Crippen LogP contribution < -0.4 is 14.4 Å². The Morgan fingerprint density at radius 1 is 1.17 bits per heavy atom. The van der Waals surface area contributed by atoms with Gasteiger partial charge >= 0.3 is 0 Å². The number of rotatable bonds is 0. The summed E-state index contributed by atoms with van der Waals surface area (Å²) in [5.41, 5.74) is 3.82. The van der Waals surface area contributed by atoms with Gasteiger partial charge in [0.2, 0.25) is 0 Å². The maximum atomic E-state index is 13.4. The van der Waals surface area contributed by atoms with E-state index in [0.717, 1.165) is 74.5 Å². The van der Waals surface area contributed by atoms with Crippen LogP contribution in [0.1, 0.15) is 66.9 Å². The molecule has 3 heterocycles. The molecular formula is C33H41ClN2O5S. The highest BCUT2D eigenvalue weighted by Crippen LogP contribution is 2.47. The number of fused-ring (bicyclic) bond motifs is 7. The van der Waals surface area contributed by atoms with Crippen LogP contribution in [0.3, 0.4) is 0 Å². The molecule has 7 rings (SSSR count). The molecule has 2 fully saturated rings. The Bertz CT molecular complexity index is 1480. The molecule has 4 bridgehead atoms. The number of hydrogen-bond acceptors (Lipinski definition) is 6. The minimum atomic E-state index is -2.91. The molecule has 0 aromatic heterocycles. The van der Waals surface area contributed by atoms with Gasteiger partial charge in [0.25, 0.3) is 5.91 Å². The van der Waals surface area contributed by atoms with Crippen LogP contribution >= 0.6 is 11.6 Å². The van der Waals surface area contributed by atoms with Gasteiger partial charge < -0.3 is 19.1 Å². The fourth-order valence-electron chi connectivity index (χ4n) is 8.08. The molecule has 1 unspecified atom stereocenters. The van der Waals surface area contributed by atoms with Gasteiger partial charge in [-0.15, -0.1) is 0 Å². The number of nitrogens with one attached hydrogen (secondary N) is 1. The second kappa shape index (κ2) is 11.0. The SMILES string of the molecule is C=S1(=O)C[C@H](C)O[C@@H]2CCO[C@@H](C2)[C@@H]2CC[C@H]2CN2C[C@@]3(CCCc4cc(Cl)ccc43)COc3ccc(cc32)C(=O)N1. The first-order valence-corrected chi connectivity index (χ1v) is 17.7. The summed E-state index contributed by atoms with van der Waals surface area (Å²) in [6.45, 7) is 4.82. The van der Waals surface area contributed by atoms with Crippen molar-refractivity contribution < 1.29 is 23.2 Å². The van der Waals surface area contributed by atoms with Gasteiger partial charge in [0.15, 0.2) is 0 Å². The summed E-state index contributed by atoms with van der Waals surface area (Å²) in [5.74, 6) is 5.39. The highest BCUT2D eigenvalue weighted by atomic mass is 35.5. The Morgan fingerprint density at radius 2 is 2.05 bits per heavy atom. The van der Waals surface area contributed by atoms with Crippen LogP contribution in [0.2, 0.25) is 5.02 Å². The normalized spacial score (nSPS) is 36.5. The lowest BCUT2D eigenvalue weighted by molar-refractivity contribution is -0.126. The number of amides is 1. The van der Waals surface area contributed by atoms with E-state index in [0.29, 0.717) is 30.6 Å². The predicted molar refractivity (Wildman–Crippen MR) is 167 cm³/mol. The van der Waals surface area contributed by atoms with E-state index >= 15 is 0 Å². The topological polar surface area (TPSA) is 77.1 Å². The van der Waals surface area contributed by atoms with Crippen LogP contribution in [-0.2, 0) is 31.0 Å². The number of anilines is 1. The minimum absolute atomic E-state index is 0.0542. The molecule has 1 saturated carbocycles. The third kappa shape index (κ3) is 5.44. The Labute approximate surface area is 254 Å². The Morgan fingerprint density at radius 3 is 2.88 bits per heavy atom. The Balaban J connectivity index is 1.29. The summed E-state index contributed by atoms with van der Waals surface area (Å²) in [7, 11) is -2.91. The number of ether oxygens (including phenoxy) is 3. The van der Waals surface area contributed by atoms with Gasteiger partial charge in [0.1, 0.15) is 5.75 Å². The Hall–Kier alpha value is -2.26. The standard InChI is InChI=1S/C33H41ClN2O5S/c1-21-18-42(2,38)35-32(37)23-6-10-30-29(15-23)36(17-24-5-8-27(24)31-16-26(41-21)11-13-39-31)19-33(20-40-30)12-3-4-22-14-25(34)7-9-28(22)33/h6-7,9-10,14-15,21,24,26-27,31H,2-5,8,11-13,16-20H2,1H3,(H,35,37,38)/t21-,24-,26+,27+,31-,33-,42?/m0/s1. The first kappa shape index (κ1) is 28.5. The first-order valence-electron chi connectivity index (χ1n) is 15.4. The van der Waals surface area contributed by atoms with Crippen molar-refractivity contribution in [3.63, 3.8) is 0 Å². The Kier molecular flexibility index (Phi) is 7.48. The van der Waals surface area contributed by atoms with Crippen LogP contribution in [-0.4, -0.2) is 66.4 Å². The molecule has 2 aliphatic carbocycles. The molecule has 226 valence electrons. The molecule has 7 nitrogen and oxygen atoms in total. The smallest absolute Gasteiger partial charge is 0.262 e. The maximum Gasteiger partial charge on any atom is 0.262 e. The number of hydrogen-bond donors (Lipinski definition) is 1. The average molecular weight is 613 g/mol. The van der Waals surface area contributed by atoms with E-state index in [2.05, 4.69) is 27.6 Å². The highest BCUT2D eigenvalue weighted by Gasteiger charge is 2.45. The monoisotopic (exact) mass is 612 g/mol. The number of benzene rings is 2. The zero-order chi connectivity index (χ0) is 29.1. The van der Waals surface area contributed by atoms with Gasteiger partial charge in [-0.1, -0.05) is 17.7 Å². The van der Waals surface area contributed by atoms with Gasteiger partial charge in [0, 0.05) is 42.1 Å². The first-order chi connectivity index (χ1) is 20.2. The third-order valence-corrected chi connectivity index (χ3v) is 12.0. The fourth-order valence-corrected chi connectivity index (χ4v) is 9.65. The molecule has 2 aromatic rings. The number of halogens is 1. The summed E-state index contributed by atoms with van der Waals surface area (Å²) in [4.78, 5) is 15.9. The van der Waals surface area contributed by atoms with E-state index in [1.54, 1.807) is 6.07 Å². The van der Waals surface area contributed by atoms with Crippen molar-refractivity contribution in [2.24, 2.45) is 11.8 Å². The van der Waals surface area contributed by atoms with Crippen molar-refractivity contribution in [2.45, 2.75) is 75.6 Å². The lowest BCUT2D eigenvalue weighted by Gasteiger charge is -2.48. The van der Waals surface area contributed by atoms with Crippen LogP contribution in [0.25, 0.3) is 0 Å². The quantitative estimate of drug-likeness (QED) is 0.414. The summed E-state index contributed by atoms with van der Waals surface area (Å²) < 4.78 is 35.5.